The number of halogens is 1. The molecule has 0 amide bonds. The van der Waals surface area contributed by atoms with Gasteiger partial charge in [-0.3, -0.25) is 0 Å². The van der Waals surface area contributed by atoms with Crippen molar-refractivity contribution < 1.29 is 0 Å². The molecule has 0 fully saturated rings. The second-order valence-corrected chi connectivity index (χ2v) is 13.3. The third-order valence-electron chi connectivity index (χ3n) is 1.95. The van der Waals surface area contributed by atoms with Gasteiger partial charge >= 0.3 is 92.8 Å². The SMILES string of the molecule is CC(C)(C)[P@@](Cl)(=[Se])c1ccccc1. The van der Waals surface area contributed by atoms with E-state index in [0.29, 0.717) is 0 Å². The van der Waals surface area contributed by atoms with Crippen LogP contribution < -0.4 is 5.30 Å². The summed E-state index contributed by atoms with van der Waals surface area (Å²) in [5, 5.41) is 1.36. The molecule has 0 bridgehead atoms. The Morgan fingerprint density at radius 1 is 1.15 bits per heavy atom. The molecule has 13 heavy (non-hydrogen) atoms. The molecule has 0 aromatic heterocycles. The van der Waals surface area contributed by atoms with Crippen molar-refractivity contribution in [2.24, 2.45) is 0 Å². The van der Waals surface area contributed by atoms with Gasteiger partial charge in [0.2, 0.25) is 0 Å². The van der Waals surface area contributed by atoms with Crippen molar-refractivity contribution in [2.45, 2.75) is 25.9 Å². The zero-order chi connectivity index (χ0) is 10.1. The topological polar surface area (TPSA) is 0 Å². The van der Waals surface area contributed by atoms with E-state index in [1.807, 2.05) is 18.2 Å². The average Bonchev–Trinajstić information content (AvgIpc) is 2.04. The molecule has 1 atom stereocenters. The quantitative estimate of drug-likeness (QED) is 0.546. The van der Waals surface area contributed by atoms with Crippen LogP contribution in [0.25, 0.3) is 0 Å². The van der Waals surface area contributed by atoms with Crippen LogP contribution in [-0.4, -0.2) is 20.3 Å². The fraction of sp³-hybridized carbons (Fsp3) is 0.400. The Balaban J connectivity index is 3.17. The minimum atomic E-state index is -1.63. The van der Waals surface area contributed by atoms with Crippen LogP contribution in [0, 0.1) is 0 Å². The first-order valence-electron chi connectivity index (χ1n) is 4.21. The summed E-state index contributed by atoms with van der Waals surface area (Å²) in [5.41, 5.74) is 0. The van der Waals surface area contributed by atoms with Crippen LogP contribution in [0.3, 0.4) is 0 Å². The van der Waals surface area contributed by atoms with E-state index in [4.69, 9.17) is 11.2 Å². The van der Waals surface area contributed by atoms with Crippen LogP contribution in [0.4, 0.5) is 0 Å². The monoisotopic (exact) mass is 280 g/mol. The Morgan fingerprint density at radius 3 is 2.00 bits per heavy atom. The van der Waals surface area contributed by atoms with Crippen molar-refractivity contribution in [3.63, 3.8) is 0 Å². The molecule has 3 heteroatoms. The molecule has 0 heterocycles. The van der Waals surface area contributed by atoms with Gasteiger partial charge in [-0.25, -0.2) is 0 Å². The van der Waals surface area contributed by atoms with Gasteiger partial charge in [-0.05, 0) is 0 Å². The molecule has 1 rings (SSSR count). The van der Waals surface area contributed by atoms with E-state index in [0.717, 1.165) is 0 Å². The van der Waals surface area contributed by atoms with E-state index in [2.05, 4.69) is 48.0 Å². The molecule has 0 spiro atoms. The maximum atomic E-state index is 6.59. The third kappa shape index (κ3) is 2.48. The molecule has 0 nitrogen and oxygen atoms in total. The van der Waals surface area contributed by atoms with Crippen LogP contribution in [0.15, 0.2) is 30.3 Å². The van der Waals surface area contributed by atoms with Gasteiger partial charge in [0, 0.05) is 0 Å². The van der Waals surface area contributed by atoms with Crippen molar-refractivity contribution in [1.82, 2.24) is 0 Å². The summed E-state index contributed by atoms with van der Waals surface area (Å²) < 4.78 is 0. The summed E-state index contributed by atoms with van der Waals surface area (Å²) in [4.78, 5) is -1.63. The van der Waals surface area contributed by atoms with Gasteiger partial charge in [0.25, 0.3) is 0 Å². The Morgan fingerprint density at radius 2 is 1.62 bits per heavy atom. The molecule has 0 saturated carbocycles. The Kier molecular flexibility index (Phi) is 3.47. The third-order valence-corrected chi connectivity index (χ3v) is 11.5. The molecule has 0 saturated heterocycles. The molecular weight excluding hydrogens is 265 g/mol. The minimum absolute atomic E-state index is 0.121. The van der Waals surface area contributed by atoms with Gasteiger partial charge in [-0.15, -0.1) is 0 Å². The summed E-state index contributed by atoms with van der Waals surface area (Å²) in [7, 11) is 0. The van der Waals surface area contributed by atoms with E-state index in [-0.39, 0.29) is 5.16 Å². The van der Waals surface area contributed by atoms with E-state index in [1.54, 1.807) is 0 Å². The van der Waals surface area contributed by atoms with Gasteiger partial charge in [0.15, 0.2) is 0 Å². The predicted molar refractivity (Wildman–Crippen MR) is 64.4 cm³/mol. The van der Waals surface area contributed by atoms with Crippen molar-refractivity contribution in [2.75, 3.05) is 0 Å². The Hall–Kier alpha value is 0.459. The van der Waals surface area contributed by atoms with Gasteiger partial charge in [-0.1, -0.05) is 0 Å². The number of rotatable bonds is 1. The zero-order valence-corrected chi connectivity index (χ0v) is 11.5. The van der Waals surface area contributed by atoms with Crippen molar-refractivity contribution in [3.8, 4) is 0 Å². The van der Waals surface area contributed by atoms with Crippen LogP contribution >= 0.6 is 16.1 Å². The molecule has 0 aliphatic heterocycles. The maximum absolute atomic E-state index is 6.59. The molecule has 0 aliphatic rings. The molecule has 0 aliphatic carbocycles. The van der Waals surface area contributed by atoms with Crippen LogP contribution in [0.1, 0.15) is 20.8 Å². The van der Waals surface area contributed by atoms with Gasteiger partial charge in [0.05, 0.1) is 0 Å². The zero-order valence-electron chi connectivity index (χ0n) is 8.12. The fourth-order valence-corrected chi connectivity index (χ4v) is 3.44. The van der Waals surface area contributed by atoms with Gasteiger partial charge < -0.3 is 0 Å². The average molecular weight is 280 g/mol. The summed E-state index contributed by atoms with van der Waals surface area (Å²) in [6.07, 6.45) is 0. The van der Waals surface area contributed by atoms with Crippen molar-refractivity contribution in [1.29, 1.82) is 0 Å². The van der Waals surface area contributed by atoms with Crippen LogP contribution in [0.5, 0.6) is 0 Å². The van der Waals surface area contributed by atoms with E-state index in [1.165, 1.54) is 5.30 Å². The van der Waals surface area contributed by atoms with Crippen molar-refractivity contribution >= 4 is 36.5 Å². The van der Waals surface area contributed by atoms with E-state index >= 15 is 0 Å². The fourth-order valence-electron chi connectivity index (χ4n) is 1.01. The Labute approximate surface area is 92.7 Å². The summed E-state index contributed by atoms with van der Waals surface area (Å²) in [5.74, 6) is 0. The molecular formula is C10H14ClPSe. The predicted octanol–water partition coefficient (Wildman–Crippen LogP) is 3.37. The molecule has 0 unspecified atom stereocenters. The van der Waals surface area contributed by atoms with Crippen LogP contribution in [-0.2, 0) is 0 Å². The van der Waals surface area contributed by atoms with Crippen molar-refractivity contribution in [3.05, 3.63) is 30.3 Å². The van der Waals surface area contributed by atoms with Crippen LogP contribution in [0.2, 0.25) is 0 Å². The van der Waals surface area contributed by atoms with E-state index in [9.17, 15) is 0 Å². The molecule has 1 aromatic rings. The summed E-state index contributed by atoms with van der Waals surface area (Å²) in [6, 6.07) is 10.3. The standard InChI is InChI=1S/C10H14ClPSe/c1-10(2,3)12(11,13)9-7-5-4-6-8-9/h4-8H,1-3H3/t12-/m0/s1. The second kappa shape index (κ2) is 3.91. The number of hydrogen-bond acceptors (Lipinski definition) is 0. The molecule has 0 N–H and O–H groups in total. The molecule has 72 valence electrons. The summed E-state index contributed by atoms with van der Waals surface area (Å²) >= 11 is 9.78. The van der Waals surface area contributed by atoms with Gasteiger partial charge in [-0.2, -0.15) is 0 Å². The second-order valence-electron chi connectivity index (χ2n) is 4.04. The first-order chi connectivity index (χ1) is 5.86. The van der Waals surface area contributed by atoms with Gasteiger partial charge in [0.1, 0.15) is 0 Å². The first-order valence-corrected chi connectivity index (χ1v) is 9.12. The summed E-state index contributed by atoms with van der Waals surface area (Å²) in [6.45, 7) is 6.53. The molecule has 1 aromatic carbocycles. The first kappa shape index (κ1) is 11.5. The molecule has 0 radical (unpaired) electrons. The Bertz CT molecular complexity index is 327. The number of hydrogen-bond donors (Lipinski definition) is 0. The van der Waals surface area contributed by atoms with E-state index < -0.39 is 4.86 Å². The number of benzene rings is 1. The normalized spacial score (nSPS) is 16.6.